The number of aromatic nitrogens is 3. The van der Waals surface area contributed by atoms with Gasteiger partial charge in [-0.3, -0.25) is 0 Å². The molecule has 0 spiro atoms. The third kappa shape index (κ3) is 1.71. The summed E-state index contributed by atoms with van der Waals surface area (Å²) in [4.78, 5) is 4.32. The van der Waals surface area contributed by atoms with E-state index in [1.807, 2.05) is 26.8 Å². The highest BCUT2D eigenvalue weighted by molar-refractivity contribution is 9.10. The number of halogens is 1. The number of rotatable bonds is 1. The number of nitrogens with two attached hydrogens (primary N) is 1. The molecule has 4 nitrogen and oxygen atoms in total. The minimum absolute atomic E-state index is 0.730. The first-order chi connectivity index (χ1) is 7.50. The average Bonchev–Trinajstić information content (AvgIpc) is 2.50. The van der Waals surface area contributed by atoms with Crippen LogP contribution in [0.25, 0.3) is 5.82 Å². The van der Waals surface area contributed by atoms with E-state index in [-0.39, 0.29) is 0 Å². The van der Waals surface area contributed by atoms with Crippen molar-refractivity contribution in [3.8, 4) is 5.82 Å². The molecular weight excluding hydrogens is 268 g/mol. The zero-order chi connectivity index (χ0) is 11.9. The smallest absolute Gasteiger partial charge is 0.155 e. The van der Waals surface area contributed by atoms with Gasteiger partial charge in [-0.2, -0.15) is 5.10 Å². The van der Waals surface area contributed by atoms with Crippen LogP contribution in [0.3, 0.4) is 0 Å². The predicted molar refractivity (Wildman–Crippen MR) is 67.7 cm³/mol. The number of nitrogen functional groups attached to an aromatic ring is 1. The second kappa shape index (κ2) is 3.90. The first kappa shape index (κ1) is 11.1. The third-order valence-corrected chi connectivity index (χ3v) is 3.70. The summed E-state index contributed by atoms with van der Waals surface area (Å²) in [6, 6.07) is 1.83. The van der Waals surface area contributed by atoms with Crippen LogP contribution in [-0.2, 0) is 0 Å². The molecule has 0 aromatic carbocycles. The molecule has 2 aromatic heterocycles. The average molecular weight is 281 g/mol. The fourth-order valence-electron chi connectivity index (χ4n) is 1.49. The van der Waals surface area contributed by atoms with Crippen LogP contribution in [0.1, 0.15) is 17.0 Å². The SMILES string of the molecule is Cc1cnc(-n2nc(C)c(Br)c2C)cc1N. The van der Waals surface area contributed by atoms with Crippen LogP contribution >= 0.6 is 15.9 Å². The van der Waals surface area contributed by atoms with Gasteiger partial charge in [0.2, 0.25) is 0 Å². The zero-order valence-electron chi connectivity index (χ0n) is 9.45. The second-order valence-corrected chi connectivity index (χ2v) is 4.59. The molecule has 16 heavy (non-hydrogen) atoms. The van der Waals surface area contributed by atoms with E-state index >= 15 is 0 Å². The molecule has 0 unspecified atom stereocenters. The zero-order valence-corrected chi connectivity index (χ0v) is 11.0. The lowest BCUT2D eigenvalue weighted by Gasteiger charge is -2.05. The lowest BCUT2D eigenvalue weighted by atomic mass is 10.2. The lowest BCUT2D eigenvalue weighted by Crippen LogP contribution is -2.03. The van der Waals surface area contributed by atoms with Gasteiger partial charge < -0.3 is 5.73 Å². The fourth-order valence-corrected chi connectivity index (χ4v) is 1.74. The third-order valence-electron chi connectivity index (χ3n) is 2.55. The van der Waals surface area contributed by atoms with E-state index in [0.29, 0.717) is 0 Å². The van der Waals surface area contributed by atoms with Crippen molar-refractivity contribution in [2.75, 3.05) is 5.73 Å². The summed E-state index contributed by atoms with van der Waals surface area (Å²) in [7, 11) is 0. The monoisotopic (exact) mass is 280 g/mol. The maximum atomic E-state index is 5.86. The molecule has 0 aliphatic rings. The van der Waals surface area contributed by atoms with Crippen molar-refractivity contribution in [2.24, 2.45) is 0 Å². The first-order valence-corrected chi connectivity index (χ1v) is 5.74. The Kier molecular flexibility index (Phi) is 2.71. The van der Waals surface area contributed by atoms with Gasteiger partial charge in [0.15, 0.2) is 5.82 Å². The van der Waals surface area contributed by atoms with Gasteiger partial charge in [0.1, 0.15) is 0 Å². The van der Waals surface area contributed by atoms with Crippen LogP contribution in [0.15, 0.2) is 16.7 Å². The molecule has 5 heteroatoms. The van der Waals surface area contributed by atoms with Gasteiger partial charge in [-0.1, -0.05) is 0 Å². The number of pyridine rings is 1. The first-order valence-electron chi connectivity index (χ1n) is 4.95. The summed E-state index contributed by atoms with van der Waals surface area (Å²) in [6.07, 6.45) is 1.76. The highest BCUT2D eigenvalue weighted by atomic mass is 79.9. The molecule has 2 aromatic rings. The van der Waals surface area contributed by atoms with Crippen LogP contribution < -0.4 is 5.73 Å². The van der Waals surface area contributed by atoms with Crippen LogP contribution in [0.5, 0.6) is 0 Å². The second-order valence-electron chi connectivity index (χ2n) is 3.80. The van der Waals surface area contributed by atoms with E-state index < -0.39 is 0 Å². The molecule has 0 fully saturated rings. The summed E-state index contributed by atoms with van der Waals surface area (Å²) in [5, 5.41) is 4.40. The van der Waals surface area contributed by atoms with E-state index in [2.05, 4.69) is 26.0 Å². The number of hydrogen-bond donors (Lipinski definition) is 1. The van der Waals surface area contributed by atoms with Crippen molar-refractivity contribution in [2.45, 2.75) is 20.8 Å². The van der Waals surface area contributed by atoms with E-state index in [0.717, 1.165) is 32.9 Å². The molecule has 2 rings (SSSR count). The Bertz CT molecular complexity index is 545. The van der Waals surface area contributed by atoms with E-state index in [1.165, 1.54) is 0 Å². The summed E-state index contributed by atoms with van der Waals surface area (Å²) in [6.45, 7) is 5.87. The quantitative estimate of drug-likeness (QED) is 0.873. The van der Waals surface area contributed by atoms with Crippen molar-refractivity contribution >= 4 is 21.6 Å². The van der Waals surface area contributed by atoms with Crippen LogP contribution in [0, 0.1) is 20.8 Å². The largest absolute Gasteiger partial charge is 0.398 e. The predicted octanol–water partition coefficient (Wildman–Crippen LogP) is 2.54. The molecular formula is C11H13BrN4. The molecule has 0 bridgehead atoms. The van der Waals surface area contributed by atoms with E-state index in [1.54, 1.807) is 10.9 Å². The van der Waals surface area contributed by atoms with E-state index in [4.69, 9.17) is 5.73 Å². The van der Waals surface area contributed by atoms with Crippen molar-refractivity contribution < 1.29 is 0 Å². The number of aryl methyl sites for hydroxylation is 2. The standard InChI is InChI=1S/C11H13BrN4/c1-6-5-14-10(4-9(6)13)16-8(3)11(12)7(2)15-16/h4-5H,1-3H3,(H2,13,14). The molecule has 0 saturated heterocycles. The van der Waals surface area contributed by atoms with Gasteiger partial charge in [-0.05, 0) is 42.3 Å². The molecule has 2 heterocycles. The van der Waals surface area contributed by atoms with Gasteiger partial charge in [-0.25, -0.2) is 9.67 Å². The lowest BCUT2D eigenvalue weighted by molar-refractivity contribution is 0.805. The minimum Gasteiger partial charge on any atom is -0.398 e. The van der Waals surface area contributed by atoms with Crippen molar-refractivity contribution in [3.05, 3.63) is 33.7 Å². The van der Waals surface area contributed by atoms with Crippen LogP contribution in [-0.4, -0.2) is 14.8 Å². The van der Waals surface area contributed by atoms with Crippen molar-refractivity contribution in [3.63, 3.8) is 0 Å². The number of nitrogens with zero attached hydrogens (tertiary/aromatic N) is 3. The maximum Gasteiger partial charge on any atom is 0.155 e. The Morgan fingerprint density at radius 3 is 2.50 bits per heavy atom. The summed E-state index contributed by atoms with van der Waals surface area (Å²) >= 11 is 3.49. The summed E-state index contributed by atoms with van der Waals surface area (Å²) in [5.41, 5.74) is 9.53. The summed E-state index contributed by atoms with van der Waals surface area (Å²) in [5.74, 6) is 0.745. The molecule has 0 saturated carbocycles. The summed E-state index contributed by atoms with van der Waals surface area (Å²) < 4.78 is 2.79. The Balaban J connectivity index is 2.59. The van der Waals surface area contributed by atoms with Crippen molar-refractivity contribution in [1.82, 2.24) is 14.8 Å². The molecule has 0 aliphatic carbocycles. The molecule has 2 N–H and O–H groups in total. The normalized spacial score (nSPS) is 10.8. The highest BCUT2D eigenvalue weighted by Crippen LogP contribution is 2.23. The molecule has 0 radical (unpaired) electrons. The van der Waals surface area contributed by atoms with E-state index in [9.17, 15) is 0 Å². The topological polar surface area (TPSA) is 56.7 Å². The van der Waals surface area contributed by atoms with Crippen LogP contribution in [0.4, 0.5) is 5.69 Å². The Morgan fingerprint density at radius 2 is 2.00 bits per heavy atom. The van der Waals surface area contributed by atoms with Gasteiger partial charge in [0, 0.05) is 18.0 Å². The number of anilines is 1. The van der Waals surface area contributed by atoms with Gasteiger partial charge in [-0.15, -0.1) is 0 Å². The van der Waals surface area contributed by atoms with Crippen LogP contribution in [0.2, 0.25) is 0 Å². The Morgan fingerprint density at radius 1 is 1.31 bits per heavy atom. The molecule has 0 atom stereocenters. The molecule has 0 amide bonds. The maximum absolute atomic E-state index is 5.86. The minimum atomic E-state index is 0.730. The fraction of sp³-hybridized carbons (Fsp3) is 0.273. The highest BCUT2D eigenvalue weighted by Gasteiger charge is 2.11. The van der Waals surface area contributed by atoms with Gasteiger partial charge in [0.25, 0.3) is 0 Å². The van der Waals surface area contributed by atoms with Crippen molar-refractivity contribution in [1.29, 1.82) is 0 Å². The number of hydrogen-bond acceptors (Lipinski definition) is 3. The van der Waals surface area contributed by atoms with Gasteiger partial charge >= 0.3 is 0 Å². The molecule has 84 valence electrons. The Labute approximate surface area is 103 Å². The Hall–Kier alpha value is -1.36. The molecule has 0 aliphatic heterocycles. The van der Waals surface area contributed by atoms with Gasteiger partial charge in [0.05, 0.1) is 15.9 Å².